The van der Waals surface area contributed by atoms with Gasteiger partial charge in [-0.1, -0.05) is 20.3 Å². The van der Waals surface area contributed by atoms with Crippen molar-refractivity contribution in [1.29, 1.82) is 0 Å². The van der Waals surface area contributed by atoms with Crippen LogP contribution in [0.25, 0.3) is 0 Å². The molecule has 2 rings (SSSR count). The lowest BCUT2D eigenvalue weighted by molar-refractivity contribution is -0.123. The first-order chi connectivity index (χ1) is 9.09. The average Bonchev–Trinajstić information content (AvgIpc) is 2.62. The highest BCUT2D eigenvalue weighted by atomic mass is 16.2. The van der Waals surface area contributed by atoms with Crippen LogP contribution < -0.4 is 11.1 Å². The van der Waals surface area contributed by atoms with Gasteiger partial charge >= 0.3 is 0 Å². The van der Waals surface area contributed by atoms with Gasteiger partial charge in [-0.3, -0.25) is 4.79 Å². The molecule has 0 fully saturated rings. The van der Waals surface area contributed by atoms with Crippen LogP contribution >= 0.6 is 0 Å². The van der Waals surface area contributed by atoms with E-state index in [0.717, 1.165) is 31.0 Å². The molecule has 1 aliphatic rings. The molecule has 6 heteroatoms. The van der Waals surface area contributed by atoms with E-state index in [4.69, 9.17) is 5.73 Å². The predicted octanol–water partition coefficient (Wildman–Crippen LogP) is 0.604. The van der Waals surface area contributed by atoms with Gasteiger partial charge < -0.3 is 15.6 Å². The van der Waals surface area contributed by atoms with Crippen LogP contribution in [0, 0.1) is 5.92 Å². The van der Waals surface area contributed by atoms with E-state index in [0.29, 0.717) is 6.54 Å². The molecule has 2 heterocycles. The van der Waals surface area contributed by atoms with Gasteiger partial charge in [0.1, 0.15) is 5.82 Å². The molecule has 1 atom stereocenters. The van der Waals surface area contributed by atoms with Gasteiger partial charge in [0.25, 0.3) is 0 Å². The molecule has 1 amide bonds. The molecule has 6 nitrogen and oxygen atoms in total. The Morgan fingerprint density at radius 2 is 2.16 bits per heavy atom. The standard InChI is InChI=1S/C13H23N5O/c1-9(2)12(14)13(19)15-8-11-17-16-10-6-4-3-5-7-18(10)11/h9,12H,3-8,14H2,1-2H3,(H,15,19)/t12-/m0/s1. The fraction of sp³-hybridized carbons (Fsp3) is 0.769. The van der Waals surface area contributed by atoms with Crippen LogP contribution in [-0.4, -0.2) is 26.7 Å². The summed E-state index contributed by atoms with van der Waals surface area (Å²) in [6.07, 6.45) is 4.53. The molecule has 1 aliphatic heterocycles. The number of amides is 1. The first-order valence-corrected chi connectivity index (χ1v) is 7.04. The number of fused-ring (bicyclic) bond motifs is 1. The van der Waals surface area contributed by atoms with Crippen LogP contribution in [0.5, 0.6) is 0 Å². The fourth-order valence-corrected chi connectivity index (χ4v) is 2.26. The highest BCUT2D eigenvalue weighted by Gasteiger charge is 2.19. The van der Waals surface area contributed by atoms with Gasteiger partial charge in [-0.25, -0.2) is 0 Å². The van der Waals surface area contributed by atoms with E-state index in [1.807, 2.05) is 13.8 Å². The van der Waals surface area contributed by atoms with Crippen molar-refractivity contribution >= 4 is 5.91 Å². The lowest BCUT2D eigenvalue weighted by Crippen LogP contribution is -2.43. The molecule has 0 bridgehead atoms. The maximum absolute atomic E-state index is 11.8. The largest absolute Gasteiger partial charge is 0.347 e. The summed E-state index contributed by atoms with van der Waals surface area (Å²) in [5.41, 5.74) is 5.81. The quantitative estimate of drug-likeness (QED) is 0.835. The summed E-state index contributed by atoms with van der Waals surface area (Å²) in [5.74, 6) is 1.88. The topological polar surface area (TPSA) is 85.8 Å². The molecule has 0 aliphatic carbocycles. The van der Waals surface area contributed by atoms with E-state index in [2.05, 4.69) is 20.1 Å². The highest BCUT2D eigenvalue weighted by molar-refractivity contribution is 5.81. The summed E-state index contributed by atoms with van der Waals surface area (Å²) in [5, 5.41) is 11.2. The van der Waals surface area contributed by atoms with Crippen molar-refractivity contribution in [2.24, 2.45) is 11.7 Å². The molecular weight excluding hydrogens is 242 g/mol. The Labute approximate surface area is 113 Å². The van der Waals surface area contributed by atoms with Crippen molar-refractivity contribution < 1.29 is 4.79 Å². The molecule has 0 unspecified atom stereocenters. The number of rotatable bonds is 4. The monoisotopic (exact) mass is 265 g/mol. The van der Waals surface area contributed by atoms with Crippen molar-refractivity contribution in [3.8, 4) is 0 Å². The molecule has 0 saturated heterocycles. The molecule has 0 spiro atoms. The second-order valence-electron chi connectivity index (χ2n) is 5.48. The van der Waals surface area contributed by atoms with Crippen LogP contribution in [0.2, 0.25) is 0 Å². The van der Waals surface area contributed by atoms with E-state index in [9.17, 15) is 4.79 Å². The van der Waals surface area contributed by atoms with Gasteiger partial charge in [-0.05, 0) is 18.8 Å². The summed E-state index contributed by atoms with van der Waals surface area (Å²) < 4.78 is 2.13. The van der Waals surface area contributed by atoms with Crippen molar-refractivity contribution in [2.75, 3.05) is 0 Å². The minimum atomic E-state index is -0.466. The third kappa shape index (κ3) is 3.32. The number of nitrogens with one attached hydrogen (secondary N) is 1. The van der Waals surface area contributed by atoms with Gasteiger partial charge in [0, 0.05) is 13.0 Å². The Balaban J connectivity index is 1.97. The number of nitrogens with zero attached hydrogens (tertiary/aromatic N) is 3. The van der Waals surface area contributed by atoms with E-state index in [1.165, 1.54) is 12.8 Å². The molecule has 3 N–H and O–H groups in total. The normalized spacial score (nSPS) is 16.8. The molecule has 106 valence electrons. The van der Waals surface area contributed by atoms with E-state index >= 15 is 0 Å². The minimum Gasteiger partial charge on any atom is -0.347 e. The molecule has 19 heavy (non-hydrogen) atoms. The number of hydrogen-bond donors (Lipinski definition) is 2. The number of hydrogen-bond acceptors (Lipinski definition) is 4. The highest BCUT2D eigenvalue weighted by Crippen LogP contribution is 2.14. The maximum atomic E-state index is 11.8. The predicted molar refractivity (Wildman–Crippen MR) is 72.2 cm³/mol. The molecule has 0 saturated carbocycles. The molecule has 0 radical (unpaired) electrons. The van der Waals surface area contributed by atoms with Crippen LogP contribution in [0.1, 0.15) is 44.8 Å². The Morgan fingerprint density at radius 3 is 2.89 bits per heavy atom. The zero-order valence-corrected chi connectivity index (χ0v) is 11.7. The van der Waals surface area contributed by atoms with Crippen molar-refractivity contribution in [2.45, 2.75) is 58.7 Å². The second-order valence-corrected chi connectivity index (χ2v) is 5.48. The van der Waals surface area contributed by atoms with Crippen molar-refractivity contribution in [3.63, 3.8) is 0 Å². The third-order valence-corrected chi connectivity index (χ3v) is 3.63. The molecular formula is C13H23N5O. The zero-order chi connectivity index (χ0) is 13.8. The van der Waals surface area contributed by atoms with E-state index in [1.54, 1.807) is 0 Å². The van der Waals surface area contributed by atoms with Crippen molar-refractivity contribution in [3.05, 3.63) is 11.6 Å². The van der Waals surface area contributed by atoms with Crippen LogP contribution in [-0.2, 0) is 24.3 Å². The first-order valence-electron chi connectivity index (χ1n) is 7.04. The number of aromatic nitrogens is 3. The number of carbonyl (C=O) groups excluding carboxylic acids is 1. The fourth-order valence-electron chi connectivity index (χ4n) is 2.26. The van der Waals surface area contributed by atoms with E-state index in [-0.39, 0.29) is 11.8 Å². The van der Waals surface area contributed by atoms with Gasteiger partial charge in [0.15, 0.2) is 5.82 Å². The second kappa shape index (κ2) is 6.14. The first kappa shape index (κ1) is 14.0. The molecule has 1 aromatic heterocycles. The number of nitrogens with two attached hydrogens (primary N) is 1. The maximum Gasteiger partial charge on any atom is 0.237 e. The van der Waals surface area contributed by atoms with Crippen LogP contribution in [0.3, 0.4) is 0 Å². The lowest BCUT2D eigenvalue weighted by atomic mass is 10.1. The number of aryl methyl sites for hydroxylation is 1. The van der Waals surface area contributed by atoms with E-state index < -0.39 is 6.04 Å². The zero-order valence-electron chi connectivity index (χ0n) is 11.7. The Morgan fingerprint density at radius 1 is 1.37 bits per heavy atom. The molecule has 0 aromatic carbocycles. The summed E-state index contributed by atoms with van der Waals surface area (Å²) in [4.78, 5) is 11.8. The summed E-state index contributed by atoms with van der Waals surface area (Å²) in [7, 11) is 0. The third-order valence-electron chi connectivity index (χ3n) is 3.63. The minimum absolute atomic E-state index is 0.124. The SMILES string of the molecule is CC(C)[C@H](N)C(=O)NCc1nnc2n1CCCCC2. The van der Waals surface area contributed by atoms with Gasteiger partial charge in [-0.2, -0.15) is 0 Å². The smallest absolute Gasteiger partial charge is 0.237 e. The van der Waals surface area contributed by atoms with Gasteiger partial charge in [-0.15, -0.1) is 10.2 Å². The van der Waals surface area contributed by atoms with Crippen LogP contribution in [0.4, 0.5) is 0 Å². The average molecular weight is 265 g/mol. The van der Waals surface area contributed by atoms with Gasteiger partial charge in [0.2, 0.25) is 5.91 Å². The Bertz CT molecular complexity index is 440. The Kier molecular flexibility index (Phi) is 4.52. The lowest BCUT2D eigenvalue weighted by Gasteiger charge is -2.15. The molecule has 1 aromatic rings. The Hall–Kier alpha value is -1.43. The van der Waals surface area contributed by atoms with Gasteiger partial charge in [0.05, 0.1) is 12.6 Å². The summed E-state index contributed by atoms with van der Waals surface area (Å²) in [6, 6.07) is -0.466. The van der Waals surface area contributed by atoms with Crippen molar-refractivity contribution in [1.82, 2.24) is 20.1 Å². The summed E-state index contributed by atoms with van der Waals surface area (Å²) in [6.45, 7) is 5.23. The summed E-state index contributed by atoms with van der Waals surface area (Å²) >= 11 is 0. The van der Waals surface area contributed by atoms with Crippen LogP contribution in [0.15, 0.2) is 0 Å². The number of carbonyl (C=O) groups is 1.